The number of urea groups is 1. The Morgan fingerprint density at radius 3 is 3.08 bits per heavy atom. The molecular weight excluding hydrogens is 331 g/mol. The number of hydrogen-bond donors (Lipinski definition) is 3. The Bertz CT molecular complexity index is 756. The Balaban J connectivity index is 1.48. The maximum Gasteiger partial charge on any atom is 0.319 e. The van der Waals surface area contributed by atoms with Crippen molar-refractivity contribution in [3.05, 3.63) is 48.8 Å². The highest BCUT2D eigenvalue weighted by atomic mass is 19.1. The van der Waals surface area contributed by atoms with Gasteiger partial charge in [0, 0.05) is 18.1 Å². The second-order valence-electron chi connectivity index (χ2n) is 6.00. The highest BCUT2D eigenvalue weighted by Gasteiger charge is 2.51. The van der Waals surface area contributed by atoms with Crippen molar-refractivity contribution in [1.29, 1.82) is 0 Å². The largest absolute Gasteiger partial charge is 0.388 e. The van der Waals surface area contributed by atoms with Gasteiger partial charge in [-0.2, -0.15) is 0 Å². The number of carbonyl (C=O) groups excluding carboxylic acids is 1. The number of anilines is 1. The summed E-state index contributed by atoms with van der Waals surface area (Å²) in [5, 5.41) is 16.0. The summed E-state index contributed by atoms with van der Waals surface area (Å²) in [4.78, 5) is 16.2. The van der Waals surface area contributed by atoms with Crippen LogP contribution in [0.1, 0.15) is 6.04 Å². The minimum Gasteiger partial charge on any atom is -0.388 e. The van der Waals surface area contributed by atoms with E-state index in [1.54, 1.807) is 29.4 Å². The number of nitrogens with zero attached hydrogens (tertiary/aromatic N) is 2. The fraction of sp³-hybridized carbons (Fsp3) is 0.375. The van der Waals surface area contributed by atoms with Gasteiger partial charge in [-0.25, -0.2) is 14.2 Å². The molecule has 0 saturated carbocycles. The van der Waals surface area contributed by atoms with Gasteiger partial charge in [-0.1, -0.05) is 6.07 Å². The molecule has 0 radical (unpaired) electrons. The molecule has 2 aliphatic rings. The molecule has 25 heavy (non-hydrogen) atoms. The number of carbonyl (C=O) groups is 1. The van der Waals surface area contributed by atoms with Crippen LogP contribution in [0.2, 0.25) is 0 Å². The maximum atomic E-state index is 13.2. The molecule has 2 aliphatic heterocycles. The van der Waals surface area contributed by atoms with Crippen LogP contribution in [0.5, 0.6) is 0 Å². The van der Waals surface area contributed by atoms with E-state index in [-0.39, 0.29) is 6.61 Å². The quantitative estimate of drug-likeness (QED) is 0.765. The van der Waals surface area contributed by atoms with Crippen LogP contribution in [0.15, 0.2) is 43.0 Å². The van der Waals surface area contributed by atoms with E-state index in [0.717, 1.165) is 0 Å². The number of halogens is 1. The molecule has 3 heterocycles. The minimum atomic E-state index is -0.932. The average molecular weight is 348 g/mol. The number of benzene rings is 1. The highest BCUT2D eigenvalue weighted by Crippen LogP contribution is 2.35. The molecule has 2 saturated heterocycles. The molecule has 0 aliphatic carbocycles. The number of rotatable bonds is 3. The van der Waals surface area contributed by atoms with E-state index in [0.29, 0.717) is 5.69 Å². The maximum absolute atomic E-state index is 13.2. The van der Waals surface area contributed by atoms with Crippen LogP contribution in [0.4, 0.5) is 14.9 Å². The lowest BCUT2D eigenvalue weighted by Crippen LogP contribution is -2.59. The third-order valence-corrected chi connectivity index (χ3v) is 4.38. The molecule has 0 spiro atoms. The first-order chi connectivity index (χ1) is 12.1. The van der Waals surface area contributed by atoms with E-state index in [2.05, 4.69) is 15.6 Å². The van der Waals surface area contributed by atoms with E-state index in [1.165, 1.54) is 18.2 Å². The number of hydrogen-bond acceptors (Lipinski definition) is 5. The topological polar surface area (TPSA) is 97.6 Å². The normalized spacial score (nSPS) is 30.9. The first-order valence-electron chi connectivity index (χ1n) is 7.87. The van der Waals surface area contributed by atoms with Crippen LogP contribution < -0.4 is 10.6 Å². The SMILES string of the molecule is O=C(Nc1cccc(F)c1)N[C@H]1[C@H](O)[C@@H](n2ccnc2)[C@@H]2OC[C@H]1O2. The summed E-state index contributed by atoms with van der Waals surface area (Å²) in [5.74, 6) is -0.453. The van der Waals surface area contributed by atoms with Crippen molar-refractivity contribution < 1.29 is 23.8 Å². The molecule has 2 amide bonds. The molecule has 5 atom stereocenters. The molecule has 2 fully saturated rings. The Kier molecular flexibility index (Phi) is 4.12. The lowest BCUT2D eigenvalue weighted by Gasteiger charge is -2.38. The second kappa shape index (κ2) is 6.43. The van der Waals surface area contributed by atoms with Crippen molar-refractivity contribution in [1.82, 2.24) is 14.9 Å². The predicted molar refractivity (Wildman–Crippen MR) is 84.2 cm³/mol. The fourth-order valence-corrected chi connectivity index (χ4v) is 3.23. The molecule has 0 unspecified atom stereocenters. The van der Waals surface area contributed by atoms with Crippen molar-refractivity contribution in [2.24, 2.45) is 0 Å². The van der Waals surface area contributed by atoms with Crippen LogP contribution in [-0.2, 0) is 9.47 Å². The van der Waals surface area contributed by atoms with Crippen molar-refractivity contribution in [2.75, 3.05) is 11.9 Å². The summed E-state index contributed by atoms with van der Waals surface area (Å²) < 4.78 is 26.2. The van der Waals surface area contributed by atoms with Gasteiger partial charge in [0.1, 0.15) is 24.1 Å². The zero-order chi connectivity index (χ0) is 17.4. The number of nitrogens with one attached hydrogen (secondary N) is 2. The zero-order valence-corrected chi connectivity index (χ0v) is 13.1. The van der Waals surface area contributed by atoms with Gasteiger partial charge in [-0.05, 0) is 18.2 Å². The van der Waals surface area contributed by atoms with E-state index in [4.69, 9.17) is 9.47 Å². The van der Waals surface area contributed by atoms with Crippen molar-refractivity contribution >= 4 is 11.7 Å². The van der Waals surface area contributed by atoms with Gasteiger partial charge in [0.05, 0.1) is 19.0 Å². The second-order valence-corrected chi connectivity index (χ2v) is 6.00. The summed E-state index contributed by atoms with van der Waals surface area (Å²) >= 11 is 0. The first-order valence-corrected chi connectivity index (χ1v) is 7.87. The summed E-state index contributed by atoms with van der Waals surface area (Å²) in [6, 6.07) is 3.78. The summed E-state index contributed by atoms with van der Waals surface area (Å²) in [5.41, 5.74) is 0.315. The summed E-state index contributed by atoms with van der Waals surface area (Å²) in [6.45, 7) is 0.262. The number of imidazole rings is 1. The van der Waals surface area contributed by atoms with E-state index >= 15 is 0 Å². The molecule has 4 rings (SSSR count). The number of aliphatic hydroxyl groups is 1. The first kappa shape index (κ1) is 16.0. The lowest BCUT2D eigenvalue weighted by atomic mass is 9.96. The molecule has 1 aromatic carbocycles. The van der Waals surface area contributed by atoms with Gasteiger partial charge in [0.2, 0.25) is 0 Å². The molecule has 9 heteroatoms. The van der Waals surface area contributed by atoms with Crippen LogP contribution in [0, 0.1) is 5.82 Å². The third kappa shape index (κ3) is 3.09. The van der Waals surface area contributed by atoms with E-state index in [1.807, 2.05) is 0 Å². The highest BCUT2D eigenvalue weighted by molar-refractivity contribution is 5.89. The van der Waals surface area contributed by atoms with Crippen molar-refractivity contribution in [3.63, 3.8) is 0 Å². The number of aliphatic hydroxyl groups excluding tert-OH is 1. The molecule has 8 nitrogen and oxygen atoms in total. The summed E-state index contributed by atoms with van der Waals surface area (Å²) in [7, 11) is 0. The van der Waals surface area contributed by atoms with Crippen LogP contribution in [-0.4, -0.2) is 51.8 Å². The monoisotopic (exact) mass is 348 g/mol. The third-order valence-electron chi connectivity index (χ3n) is 4.38. The lowest BCUT2D eigenvalue weighted by molar-refractivity contribution is -0.163. The predicted octanol–water partition coefficient (Wildman–Crippen LogP) is 0.870. The molecule has 132 valence electrons. The molecule has 3 N–H and O–H groups in total. The Morgan fingerprint density at radius 2 is 2.32 bits per heavy atom. The van der Waals surface area contributed by atoms with Gasteiger partial charge in [0.15, 0.2) is 6.29 Å². The van der Waals surface area contributed by atoms with Crippen LogP contribution >= 0.6 is 0 Å². The van der Waals surface area contributed by atoms with Crippen molar-refractivity contribution in [3.8, 4) is 0 Å². The van der Waals surface area contributed by atoms with Gasteiger partial charge in [0.25, 0.3) is 0 Å². The van der Waals surface area contributed by atoms with Crippen molar-refractivity contribution in [2.45, 2.75) is 30.6 Å². The Hall–Kier alpha value is -2.49. The van der Waals surface area contributed by atoms with Crippen LogP contribution in [0.3, 0.4) is 0 Å². The van der Waals surface area contributed by atoms with E-state index in [9.17, 15) is 14.3 Å². The Labute approximate surface area is 142 Å². The molecule has 2 aromatic rings. The molecular formula is C16H17FN4O4. The average Bonchev–Trinajstić information content (AvgIpc) is 3.23. The number of amides is 2. The Morgan fingerprint density at radius 1 is 1.44 bits per heavy atom. The van der Waals surface area contributed by atoms with E-state index < -0.39 is 42.4 Å². The zero-order valence-electron chi connectivity index (χ0n) is 13.1. The smallest absolute Gasteiger partial charge is 0.319 e. The van der Waals surface area contributed by atoms with Gasteiger partial charge in [-0.3, -0.25) is 0 Å². The fourth-order valence-electron chi connectivity index (χ4n) is 3.23. The van der Waals surface area contributed by atoms with Gasteiger partial charge in [-0.15, -0.1) is 0 Å². The number of fused-ring (bicyclic) bond motifs is 2. The molecule has 2 bridgehead atoms. The number of ether oxygens (including phenoxy) is 2. The minimum absolute atomic E-state index is 0.262. The summed E-state index contributed by atoms with van der Waals surface area (Å²) in [6.07, 6.45) is 2.86. The standard InChI is InChI=1S/C16H17FN4O4/c17-9-2-1-3-10(6-9)19-16(23)20-12-11-7-24-15(25-11)13(14(12)22)21-5-4-18-8-21/h1-6,8,11-15,22H,7H2,(H2,19,20,23)/t11-,12-,13-,14+,15-/m1/s1. The van der Waals surface area contributed by atoms with Gasteiger partial charge >= 0.3 is 6.03 Å². The van der Waals surface area contributed by atoms with Crippen LogP contribution in [0.25, 0.3) is 0 Å². The number of aromatic nitrogens is 2. The van der Waals surface area contributed by atoms with Gasteiger partial charge < -0.3 is 29.8 Å². The molecule has 1 aromatic heterocycles.